The molecule has 1 fully saturated rings. The van der Waals surface area contributed by atoms with Crippen molar-refractivity contribution in [3.8, 4) is 12.3 Å². The fraction of sp³-hybridized carbons (Fsp3) is 0.800. The van der Waals surface area contributed by atoms with E-state index >= 15 is 0 Å². The second-order valence-corrected chi connectivity index (χ2v) is 3.10. The van der Waals surface area contributed by atoms with Crippen LogP contribution in [0.15, 0.2) is 0 Å². The Hall–Kier alpha value is -0.480. The molecule has 1 aliphatic rings. The molecule has 11 heavy (non-hydrogen) atoms. The summed E-state index contributed by atoms with van der Waals surface area (Å²) in [6.45, 7) is 2.89. The largest absolute Gasteiger partial charge is 0.379 e. The molecule has 0 N–H and O–H groups in total. The van der Waals surface area contributed by atoms with Crippen molar-refractivity contribution >= 4 is 0 Å². The van der Waals surface area contributed by atoms with Gasteiger partial charge in [0.1, 0.15) is 0 Å². The molecule has 0 spiro atoms. The van der Waals surface area contributed by atoms with Gasteiger partial charge in [-0.1, -0.05) is 0 Å². The molecule has 1 nitrogen and oxygen atoms in total. The molecule has 0 aromatic carbocycles. The van der Waals surface area contributed by atoms with Crippen molar-refractivity contribution in [2.45, 2.75) is 38.7 Å². The van der Waals surface area contributed by atoms with Gasteiger partial charge in [0.05, 0.1) is 6.10 Å². The lowest BCUT2D eigenvalue weighted by Crippen LogP contribution is -2.20. The predicted molar refractivity (Wildman–Crippen MR) is 46.2 cm³/mol. The van der Waals surface area contributed by atoms with E-state index in [0.29, 0.717) is 12.0 Å². The summed E-state index contributed by atoms with van der Waals surface area (Å²) in [6.07, 6.45) is 10.4. The first-order chi connectivity index (χ1) is 5.36. The van der Waals surface area contributed by atoms with E-state index in [1.807, 2.05) is 6.92 Å². The zero-order valence-electron chi connectivity index (χ0n) is 7.18. The molecule has 0 atom stereocenters. The van der Waals surface area contributed by atoms with Gasteiger partial charge in [-0.2, -0.15) is 0 Å². The summed E-state index contributed by atoms with van der Waals surface area (Å²) in [6, 6.07) is 0. The van der Waals surface area contributed by atoms with Gasteiger partial charge in [0.15, 0.2) is 0 Å². The normalized spacial score (nSPS) is 31.3. The van der Waals surface area contributed by atoms with Crippen molar-refractivity contribution in [1.29, 1.82) is 0 Å². The van der Waals surface area contributed by atoms with E-state index < -0.39 is 0 Å². The standard InChI is InChI=1S/C10H16O/c1-3-9-5-7-10(8-6-9)11-4-2/h1,9-10H,4-8H2,2H3/t9-,10+. The third kappa shape index (κ3) is 2.55. The Kier molecular flexibility index (Phi) is 3.45. The van der Waals surface area contributed by atoms with E-state index in [9.17, 15) is 0 Å². The molecule has 0 aromatic heterocycles. The predicted octanol–water partition coefficient (Wildman–Crippen LogP) is 2.21. The van der Waals surface area contributed by atoms with Gasteiger partial charge < -0.3 is 4.74 Å². The van der Waals surface area contributed by atoms with Crippen LogP contribution in [0, 0.1) is 18.3 Å². The lowest BCUT2D eigenvalue weighted by atomic mass is 9.88. The Bertz CT molecular complexity index is 137. The molecule has 0 radical (unpaired) electrons. The summed E-state index contributed by atoms with van der Waals surface area (Å²) in [5, 5.41) is 0. The van der Waals surface area contributed by atoms with Crippen LogP contribution in [0.2, 0.25) is 0 Å². The van der Waals surface area contributed by atoms with Crippen molar-refractivity contribution in [1.82, 2.24) is 0 Å². The molecule has 0 heterocycles. The van der Waals surface area contributed by atoms with Crippen LogP contribution in [0.1, 0.15) is 32.6 Å². The van der Waals surface area contributed by atoms with E-state index in [1.54, 1.807) is 0 Å². The molecular formula is C10H16O. The summed E-state index contributed by atoms with van der Waals surface area (Å²) in [5.74, 6) is 3.33. The van der Waals surface area contributed by atoms with E-state index in [2.05, 4.69) is 5.92 Å². The Morgan fingerprint density at radius 2 is 2.00 bits per heavy atom. The lowest BCUT2D eigenvalue weighted by Gasteiger charge is -2.25. The molecule has 1 aliphatic carbocycles. The molecular weight excluding hydrogens is 136 g/mol. The second-order valence-electron chi connectivity index (χ2n) is 3.10. The highest BCUT2D eigenvalue weighted by Crippen LogP contribution is 2.25. The topological polar surface area (TPSA) is 9.23 Å². The van der Waals surface area contributed by atoms with Gasteiger partial charge >= 0.3 is 0 Å². The summed E-state index contributed by atoms with van der Waals surface area (Å²) in [7, 11) is 0. The monoisotopic (exact) mass is 152 g/mol. The zero-order chi connectivity index (χ0) is 8.10. The van der Waals surface area contributed by atoms with Crippen LogP contribution in [-0.4, -0.2) is 12.7 Å². The maximum Gasteiger partial charge on any atom is 0.0575 e. The first-order valence-electron chi connectivity index (χ1n) is 4.44. The highest BCUT2D eigenvalue weighted by molar-refractivity contribution is 4.95. The van der Waals surface area contributed by atoms with Gasteiger partial charge in [-0.05, 0) is 32.6 Å². The highest BCUT2D eigenvalue weighted by Gasteiger charge is 2.19. The highest BCUT2D eigenvalue weighted by atomic mass is 16.5. The molecule has 1 heteroatoms. The molecule has 0 aromatic rings. The molecule has 0 bridgehead atoms. The maximum absolute atomic E-state index is 5.51. The number of ether oxygens (including phenoxy) is 1. The fourth-order valence-corrected chi connectivity index (χ4v) is 1.63. The van der Waals surface area contributed by atoms with Crippen LogP contribution in [-0.2, 0) is 4.74 Å². The molecule has 0 aliphatic heterocycles. The minimum atomic E-state index is 0.490. The van der Waals surface area contributed by atoms with Crippen LogP contribution in [0.3, 0.4) is 0 Å². The summed E-state index contributed by atoms with van der Waals surface area (Å²) >= 11 is 0. The van der Waals surface area contributed by atoms with Crippen LogP contribution in [0.5, 0.6) is 0 Å². The Morgan fingerprint density at radius 1 is 1.36 bits per heavy atom. The van der Waals surface area contributed by atoms with Crippen molar-refractivity contribution in [3.05, 3.63) is 0 Å². The molecule has 0 unspecified atom stereocenters. The van der Waals surface area contributed by atoms with Crippen molar-refractivity contribution in [2.24, 2.45) is 5.92 Å². The SMILES string of the molecule is C#C[C@H]1CC[C@@H](OCC)CC1. The number of hydrogen-bond acceptors (Lipinski definition) is 1. The van der Waals surface area contributed by atoms with Gasteiger partial charge in [0, 0.05) is 12.5 Å². The molecule has 62 valence electrons. The van der Waals surface area contributed by atoms with Crippen LogP contribution >= 0.6 is 0 Å². The maximum atomic E-state index is 5.51. The third-order valence-corrected chi connectivity index (χ3v) is 2.31. The zero-order valence-corrected chi connectivity index (χ0v) is 7.18. The molecule has 0 amide bonds. The minimum Gasteiger partial charge on any atom is -0.379 e. The van der Waals surface area contributed by atoms with Crippen LogP contribution in [0.4, 0.5) is 0 Å². The second kappa shape index (κ2) is 4.41. The van der Waals surface area contributed by atoms with Crippen LogP contribution < -0.4 is 0 Å². The fourth-order valence-electron chi connectivity index (χ4n) is 1.63. The lowest BCUT2D eigenvalue weighted by molar-refractivity contribution is 0.0310. The van der Waals surface area contributed by atoms with Crippen molar-refractivity contribution in [3.63, 3.8) is 0 Å². The molecule has 1 saturated carbocycles. The number of hydrogen-bond donors (Lipinski definition) is 0. The van der Waals surface area contributed by atoms with E-state index in [0.717, 1.165) is 32.3 Å². The van der Waals surface area contributed by atoms with Gasteiger partial charge in [-0.25, -0.2) is 0 Å². The first-order valence-corrected chi connectivity index (χ1v) is 4.44. The van der Waals surface area contributed by atoms with Gasteiger partial charge in [0.25, 0.3) is 0 Å². The number of terminal acetylenes is 1. The number of rotatable bonds is 2. The third-order valence-electron chi connectivity index (χ3n) is 2.31. The van der Waals surface area contributed by atoms with Gasteiger partial charge in [-0.3, -0.25) is 0 Å². The van der Waals surface area contributed by atoms with Crippen LogP contribution in [0.25, 0.3) is 0 Å². The Labute approximate surface area is 69.1 Å². The van der Waals surface area contributed by atoms with Crippen molar-refractivity contribution < 1.29 is 4.74 Å². The Balaban J connectivity index is 2.20. The van der Waals surface area contributed by atoms with Crippen molar-refractivity contribution in [2.75, 3.05) is 6.61 Å². The first kappa shape index (κ1) is 8.62. The quantitative estimate of drug-likeness (QED) is 0.551. The summed E-state index contributed by atoms with van der Waals surface area (Å²) in [5.41, 5.74) is 0. The minimum absolute atomic E-state index is 0.490. The Morgan fingerprint density at radius 3 is 2.45 bits per heavy atom. The summed E-state index contributed by atoms with van der Waals surface area (Å²) in [4.78, 5) is 0. The van der Waals surface area contributed by atoms with Gasteiger partial charge in [0.2, 0.25) is 0 Å². The van der Waals surface area contributed by atoms with E-state index in [1.165, 1.54) is 0 Å². The summed E-state index contributed by atoms with van der Waals surface area (Å²) < 4.78 is 5.51. The average Bonchev–Trinajstić information content (AvgIpc) is 2.07. The van der Waals surface area contributed by atoms with E-state index in [4.69, 9.17) is 11.2 Å². The molecule has 0 saturated heterocycles. The molecule has 1 rings (SSSR count). The average molecular weight is 152 g/mol. The van der Waals surface area contributed by atoms with E-state index in [-0.39, 0.29) is 0 Å². The smallest absolute Gasteiger partial charge is 0.0575 e. The van der Waals surface area contributed by atoms with Gasteiger partial charge in [-0.15, -0.1) is 12.3 Å².